The Morgan fingerprint density at radius 3 is 2.43 bits per heavy atom. The standard InChI is InChI=1S/C50H51BN2O/c1-28-23-39-45-40(24-28)53-46-33(43-31-15-10-12-17-34(31)50(8,9)47(43)53)25-30(49(5,6)7)26-36(46)51(45)35-22-21-29(48(2,3)4)27-38(35)52(39)37-18-14-20-42-44(37)32-16-11-13-19-41(32)54-42/h10-19,22-27,29,37,42,44H,20-21H2,1-9H3. The third kappa shape index (κ3) is 4.15. The van der Waals surface area contributed by atoms with E-state index in [1.807, 2.05) is 0 Å². The number of aromatic nitrogens is 1. The molecule has 0 fully saturated rings. The van der Waals surface area contributed by atoms with Crippen molar-refractivity contribution >= 4 is 34.2 Å². The van der Waals surface area contributed by atoms with E-state index in [0.717, 1.165) is 18.6 Å². The van der Waals surface area contributed by atoms with Gasteiger partial charge in [-0.25, -0.2) is 0 Å². The molecule has 4 heterocycles. The highest BCUT2D eigenvalue weighted by Gasteiger charge is 2.52. The second kappa shape index (κ2) is 10.5. The second-order valence-corrected chi connectivity index (χ2v) is 19.8. The lowest BCUT2D eigenvalue weighted by atomic mass is 9.32. The van der Waals surface area contributed by atoms with E-state index in [0.29, 0.717) is 5.92 Å². The Morgan fingerprint density at radius 1 is 0.870 bits per heavy atom. The van der Waals surface area contributed by atoms with Gasteiger partial charge in [0.25, 0.3) is 6.71 Å². The molecule has 3 aliphatic carbocycles. The van der Waals surface area contributed by atoms with Crippen molar-refractivity contribution < 1.29 is 4.74 Å². The smallest absolute Gasteiger partial charge is 0.251 e. The molecule has 270 valence electrons. The molecule has 0 saturated heterocycles. The first kappa shape index (κ1) is 32.7. The maximum absolute atomic E-state index is 6.74. The molecule has 3 nitrogen and oxygen atoms in total. The van der Waals surface area contributed by atoms with Gasteiger partial charge >= 0.3 is 0 Å². The summed E-state index contributed by atoms with van der Waals surface area (Å²) in [7, 11) is 0. The van der Waals surface area contributed by atoms with Crippen molar-refractivity contribution in [3.63, 3.8) is 0 Å². The van der Waals surface area contributed by atoms with Gasteiger partial charge < -0.3 is 14.2 Å². The van der Waals surface area contributed by atoms with Gasteiger partial charge in [0.15, 0.2) is 0 Å². The molecule has 4 aromatic carbocycles. The lowest BCUT2D eigenvalue weighted by Gasteiger charge is -2.49. The van der Waals surface area contributed by atoms with Gasteiger partial charge in [0.1, 0.15) is 11.9 Å². The molecule has 0 N–H and O–H groups in total. The van der Waals surface area contributed by atoms with Crippen LogP contribution in [0.1, 0.15) is 102 Å². The molecule has 0 saturated carbocycles. The van der Waals surface area contributed by atoms with Gasteiger partial charge in [-0.2, -0.15) is 0 Å². The molecule has 4 atom stereocenters. The summed E-state index contributed by atoms with van der Waals surface area (Å²) in [6, 6.07) is 28.3. The number of allylic oxidation sites excluding steroid dienone is 3. The summed E-state index contributed by atoms with van der Waals surface area (Å²) < 4.78 is 9.47. The van der Waals surface area contributed by atoms with Gasteiger partial charge in [0.2, 0.25) is 0 Å². The molecular weight excluding hydrogens is 655 g/mol. The minimum Gasteiger partial charge on any atom is -0.489 e. The number of hydrogen-bond acceptors (Lipinski definition) is 2. The van der Waals surface area contributed by atoms with Crippen LogP contribution in [0.3, 0.4) is 0 Å². The van der Waals surface area contributed by atoms with Crippen molar-refractivity contribution in [3.8, 4) is 22.6 Å². The number of aryl methyl sites for hydroxylation is 1. The third-order valence-corrected chi connectivity index (χ3v) is 14.1. The van der Waals surface area contributed by atoms with Crippen LogP contribution in [0.5, 0.6) is 5.75 Å². The SMILES string of the molecule is Cc1cc2c3c(c1)-n1c4c(c5cc(C(C)(C)C)cc(c51)B3C1=CCC(C(C)(C)C)C=C1N2C1C=CCC2Oc3ccccc3C21)-c1ccccc1C4(C)C. The number of anilines is 1. The second-order valence-electron chi connectivity index (χ2n) is 19.8. The average molecular weight is 707 g/mol. The third-order valence-electron chi connectivity index (χ3n) is 14.1. The minimum atomic E-state index is -0.152. The molecule has 5 aromatic rings. The predicted molar refractivity (Wildman–Crippen MR) is 227 cm³/mol. The summed E-state index contributed by atoms with van der Waals surface area (Å²) in [4.78, 5) is 2.78. The molecule has 11 rings (SSSR count). The first-order valence-corrected chi connectivity index (χ1v) is 20.4. The number of nitrogens with zero attached hydrogens (tertiary/aromatic N) is 2. The van der Waals surface area contributed by atoms with Crippen molar-refractivity contribution in [1.82, 2.24) is 4.57 Å². The lowest BCUT2D eigenvalue weighted by molar-refractivity contribution is 0.195. The van der Waals surface area contributed by atoms with E-state index in [1.54, 1.807) is 0 Å². The van der Waals surface area contributed by atoms with Crippen molar-refractivity contribution in [2.75, 3.05) is 4.90 Å². The molecule has 3 aliphatic heterocycles. The van der Waals surface area contributed by atoms with Crippen molar-refractivity contribution in [2.45, 2.75) is 104 Å². The minimum absolute atomic E-state index is 0.000880. The summed E-state index contributed by atoms with van der Waals surface area (Å²) in [5.41, 5.74) is 19.7. The molecule has 0 amide bonds. The normalized spacial score (nSPS) is 23.9. The summed E-state index contributed by atoms with van der Waals surface area (Å²) in [5.74, 6) is 1.74. The summed E-state index contributed by atoms with van der Waals surface area (Å²) >= 11 is 0. The van der Waals surface area contributed by atoms with Gasteiger partial charge in [-0.3, -0.25) is 0 Å². The van der Waals surface area contributed by atoms with E-state index in [1.165, 1.54) is 83.4 Å². The van der Waals surface area contributed by atoms with Gasteiger partial charge in [0.05, 0.1) is 6.04 Å². The number of benzene rings is 4. The van der Waals surface area contributed by atoms with E-state index < -0.39 is 0 Å². The Bertz CT molecular complexity index is 2580. The molecule has 6 aliphatic rings. The van der Waals surface area contributed by atoms with Crippen molar-refractivity contribution in [2.24, 2.45) is 11.3 Å². The zero-order valence-corrected chi connectivity index (χ0v) is 33.3. The molecule has 0 spiro atoms. The average Bonchev–Trinajstić information content (AvgIpc) is 3.76. The number of hydrogen-bond donors (Lipinski definition) is 0. The van der Waals surface area contributed by atoms with Crippen LogP contribution in [0.4, 0.5) is 5.69 Å². The van der Waals surface area contributed by atoms with Gasteiger partial charge in [-0.05, 0) is 93.0 Å². The quantitative estimate of drug-likeness (QED) is 0.128. The topological polar surface area (TPSA) is 17.4 Å². The lowest BCUT2D eigenvalue weighted by Crippen LogP contribution is -2.59. The van der Waals surface area contributed by atoms with Gasteiger partial charge in [-0.1, -0.05) is 128 Å². The van der Waals surface area contributed by atoms with Crippen LogP contribution in [-0.4, -0.2) is 23.4 Å². The first-order chi connectivity index (χ1) is 25.7. The van der Waals surface area contributed by atoms with Crippen LogP contribution in [0.25, 0.3) is 27.7 Å². The summed E-state index contributed by atoms with van der Waals surface area (Å²) in [6.07, 6.45) is 12.4. The van der Waals surface area contributed by atoms with Gasteiger partial charge in [-0.15, -0.1) is 0 Å². The number of rotatable bonds is 1. The van der Waals surface area contributed by atoms with Crippen LogP contribution in [0.2, 0.25) is 0 Å². The zero-order valence-electron chi connectivity index (χ0n) is 33.3. The van der Waals surface area contributed by atoms with Crippen LogP contribution in [0.15, 0.2) is 108 Å². The van der Waals surface area contributed by atoms with Crippen LogP contribution in [0, 0.1) is 18.3 Å². The number of fused-ring (bicyclic) bond motifs is 12. The van der Waals surface area contributed by atoms with Crippen LogP contribution < -0.4 is 20.6 Å². The highest BCUT2D eigenvalue weighted by Crippen LogP contribution is 2.56. The Balaban J connectivity index is 1.26. The summed E-state index contributed by atoms with van der Waals surface area (Å²) in [5, 5.41) is 1.41. The molecule has 54 heavy (non-hydrogen) atoms. The van der Waals surface area contributed by atoms with E-state index in [2.05, 4.69) is 169 Å². The molecule has 0 bridgehead atoms. The molecule has 0 radical (unpaired) electrons. The molecule has 1 aromatic heterocycles. The highest BCUT2D eigenvalue weighted by atomic mass is 16.5. The number of para-hydroxylation sites is 1. The van der Waals surface area contributed by atoms with Crippen molar-refractivity contribution in [3.05, 3.63) is 136 Å². The fourth-order valence-corrected chi connectivity index (χ4v) is 11.4. The van der Waals surface area contributed by atoms with Crippen molar-refractivity contribution in [1.29, 1.82) is 0 Å². The number of ether oxygens (including phenoxy) is 1. The van der Waals surface area contributed by atoms with E-state index in [-0.39, 0.29) is 41.0 Å². The van der Waals surface area contributed by atoms with E-state index in [9.17, 15) is 0 Å². The fourth-order valence-electron chi connectivity index (χ4n) is 11.4. The highest BCUT2D eigenvalue weighted by molar-refractivity contribution is 6.95. The van der Waals surface area contributed by atoms with Crippen LogP contribution >= 0.6 is 0 Å². The maximum atomic E-state index is 6.74. The molecular formula is C50H51BN2O. The fraction of sp³-hybridized carbons (Fsp3) is 0.360. The van der Waals surface area contributed by atoms with Gasteiger partial charge in [0, 0.05) is 62.5 Å². The predicted octanol–water partition coefficient (Wildman–Crippen LogP) is 10.6. The molecule has 4 heteroatoms. The Labute approximate surface area is 321 Å². The monoisotopic (exact) mass is 706 g/mol. The first-order valence-electron chi connectivity index (χ1n) is 20.4. The Morgan fingerprint density at radius 2 is 1.63 bits per heavy atom. The Kier molecular flexibility index (Phi) is 6.38. The summed E-state index contributed by atoms with van der Waals surface area (Å²) in [6.45, 7) is 21.8. The van der Waals surface area contributed by atoms with Crippen LogP contribution in [-0.2, 0) is 10.8 Å². The molecule has 4 unspecified atom stereocenters. The zero-order chi connectivity index (χ0) is 37.2. The Hall–Kier alpha value is -4.70. The largest absolute Gasteiger partial charge is 0.489 e. The maximum Gasteiger partial charge on any atom is 0.251 e. The van der Waals surface area contributed by atoms with E-state index in [4.69, 9.17) is 4.74 Å². The van der Waals surface area contributed by atoms with E-state index >= 15 is 0 Å².